The smallest absolute Gasteiger partial charge is 0.319 e. The number of carboxylic acids is 1. The van der Waals surface area contributed by atoms with Gasteiger partial charge in [-0.3, -0.25) is 9.59 Å². The predicted molar refractivity (Wildman–Crippen MR) is 65.5 cm³/mol. The summed E-state index contributed by atoms with van der Waals surface area (Å²) in [7, 11) is 1.31. The second kappa shape index (κ2) is 4.87. The first-order valence-electron chi connectivity index (χ1n) is 5.88. The Bertz CT molecular complexity index is 525. The fourth-order valence-corrected chi connectivity index (χ4v) is 2.06. The van der Waals surface area contributed by atoms with Crippen LogP contribution in [0.3, 0.4) is 0 Å². The van der Waals surface area contributed by atoms with Crippen molar-refractivity contribution in [1.29, 1.82) is 0 Å². The molecule has 2 N–H and O–H groups in total. The van der Waals surface area contributed by atoms with E-state index in [0.29, 0.717) is 24.9 Å². The second-order valence-electron chi connectivity index (χ2n) is 4.54. The fourth-order valence-electron chi connectivity index (χ4n) is 2.06. The number of nitrogens with one attached hydrogen (secondary N) is 1. The second-order valence-corrected chi connectivity index (χ2v) is 4.54. The maximum atomic E-state index is 13.2. The lowest BCUT2D eigenvalue weighted by molar-refractivity contribution is -0.159. The minimum atomic E-state index is -1.35. The number of rotatable bonds is 4. The molecule has 1 saturated carbocycles. The van der Waals surface area contributed by atoms with Crippen molar-refractivity contribution in [2.45, 2.75) is 19.3 Å². The van der Waals surface area contributed by atoms with Gasteiger partial charge in [-0.25, -0.2) is 4.39 Å². The van der Waals surface area contributed by atoms with Crippen LogP contribution in [0, 0.1) is 11.2 Å². The van der Waals surface area contributed by atoms with Crippen LogP contribution in [0.5, 0.6) is 5.75 Å². The maximum absolute atomic E-state index is 13.2. The topological polar surface area (TPSA) is 75.6 Å². The van der Waals surface area contributed by atoms with Gasteiger partial charge in [-0.2, -0.15) is 0 Å². The van der Waals surface area contributed by atoms with Gasteiger partial charge < -0.3 is 15.2 Å². The SMILES string of the molecule is COc1cc(NC(=O)C2(C(=O)O)CCC2)ccc1F. The van der Waals surface area contributed by atoms with Crippen molar-refractivity contribution in [1.82, 2.24) is 0 Å². The molecule has 6 heteroatoms. The van der Waals surface area contributed by atoms with E-state index in [4.69, 9.17) is 9.84 Å². The largest absolute Gasteiger partial charge is 0.494 e. The Balaban J connectivity index is 2.17. The average Bonchev–Trinajstić information content (AvgIpc) is 2.29. The van der Waals surface area contributed by atoms with Crippen molar-refractivity contribution in [3.05, 3.63) is 24.0 Å². The highest BCUT2D eigenvalue weighted by molar-refractivity contribution is 6.09. The van der Waals surface area contributed by atoms with Gasteiger partial charge in [0.15, 0.2) is 11.6 Å². The number of hydrogen-bond acceptors (Lipinski definition) is 3. The Hall–Kier alpha value is -2.11. The third-order valence-corrected chi connectivity index (χ3v) is 3.46. The summed E-state index contributed by atoms with van der Waals surface area (Å²) < 4.78 is 18.0. The van der Waals surface area contributed by atoms with E-state index >= 15 is 0 Å². The fraction of sp³-hybridized carbons (Fsp3) is 0.385. The summed E-state index contributed by atoms with van der Waals surface area (Å²) in [4.78, 5) is 23.2. The zero-order valence-corrected chi connectivity index (χ0v) is 10.4. The monoisotopic (exact) mass is 267 g/mol. The van der Waals surface area contributed by atoms with Crippen molar-refractivity contribution in [2.24, 2.45) is 5.41 Å². The minimum absolute atomic E-state index is 0.00390. The molecule has 0 bridgehead atoms. The van der Waals surface area contributed by atoms with E-state index in [9.17, 15) is 14.0 Å². The Morgan fingerprint density at radius 1 is 1.42 bits per heavy atom. The van der Waals surface area contributed by atoms with Gasteiger partial charge in [0.05, 0.1) is 7.11 Å². The number of benzene rings is 1. The zero-order valence-electron chi connectivity index (χ0n) is 10.4. The van der Waals surface area contributed by atoms with Crippen LogP contribution in [0.15, 0.2) is 18.2 Å². The molecule has 0 saturated heterocycles. The van der Waals surface area contributed by atoms with Crippen LogP contribution < -0.4 is 10.1 Å². The number of aliphatic carboxylic acids is 1. The highest BCUT2D eigenvalue weighted by atomic mass is 19.1. The van der Waals surface area contributed by atoms with Crippen molar-refractivity contribution < 1.29 is 23.8 Å². The molecule has 0 aromatic heterocycles. The lowest BCUT2D eigenvalue weighted by Gasteiger charge is -2.35. The average molecular weight is 267 g/mol. The Morgan fingerprint density at radius 3 is 2.58 bits per heavy atom. The van der Waals surface area contributed by atoms with Crippen LogP contribution in [0.1, 0.15) is 19.3 Å². The molecule has 0 spiro atoms. The van der Waals surface area contributed by atoms with E-state index < -0.39 is 23.1 Å². The number of carboxylic acid groups (broad SMARTS) is 1. The van der Waals surface area contributed by atoms with Crippen LogP contribution in [-0.2, 0) is 9.59 Å². The summed E-state index contributed by atoms with van der Waals surface area (Å²) in [5.74, 6) is -2.24. The Morgan fingerprint density at radius 2 is 2.11 bits per heavy atom. The standard InChI is InChI=1S/C13H14FNO4/c1-19-10-7-8(3-4-9(10)14)15-11(16)13(12(17)18)5-2-6-13/h3-4,7H,2,5-6H2,1H3,(H,15,16)(H,17,18). The van der Waals surface area contributed by atoms with Crippen molar-refractivity contribution in [3.63, 3.8) is 0 Å². The first-order chi connectivity index (χ1) is 8.99. The van der Waals surface area contributed by atoms with Crippen molar-refractivity contribution >= 4 is 17.6 Å². The first kappa shape index (κ1) is 13.3. The molecule has 5 nitrogen and oxygen atoms in total. The Labute approximate surface area is 109 Å². The van der Waals surface area contributed by atoms with E-state index in [1.54, 1.807) is 0 Å². The van der Waals surface area contributed by atoms with Gasteiger partial charge in [0, 0.05) is 11.8 Å². The van der Waals surface area contributed by atoms with Gasteiger partial charge in [-0.1, -0.05) is 6.42 Å². The molecular weight excluding hydrogens is 253 g/mol. The molecule has 0 atom stereocenters. The summed E-state index contributed by atoms with van der Waals surface area (Å²) in [6, 6.07) is 3.84. The van der Waals surface area contributed by atoms with Crippen molar-refractivity contribution in [3.8, 4) is 5.75 Å². The van der Waals surface area contributed by atoms with E-state index in [1.807, 2.05) is 0 Å². The molecule has 0 radical (unpaired) electrons. The molecule has 1 fully saturated rings. The number of carbonyl (C=O) groups is 2. The van der Waals surface area contributed by atoms with Gasteiger partial charge >= 0.3 is 5.97 Å². The van der Waals surface area contributed by atoms with Crippen LogP contribution in [-0.4, -0.2) is 24.1 Å². The van der Waals surface area contributed by atoms with E-state index in [0.717, 1.165) is 6.07 Å². The molecule has 1 aromatic rings. The Kier molecular flexibility index (Phi) is 3.42. The molecule has 19 heavy (non-hydrogen) atoms. The molecule has 102 valence electrons. The van der Waals surface area contributed by atoms with Gasteiger partial charge in [0.2, 0.25) is 5.91 Å². The minimum Gasteiger partial charge on any atom is -0.494 e. The molecule has 2 rings (SSSR count). The normalized spacial score (nSPS) is 16.3. The highest BCUT2D eigenvalue weighted by Gasteiger charge is 2.51. The van der Waals surface area contributed by atoms with Crippen LogP contribution in [0.2, 0.25) is 0 Å². The summed E-state index contributed by atoms with van der Waals surface area (Å²) in [6.45, 7) is 0. The predicted octanol–water partition coefficient (Wildman–Crippen LogP) is 2.03. The van der Waals surface area contributed by atoms with Crippen LogP contribution >= 0.6 is 0 Å². The van der Waals surface area contributed by atoms with Gasteiger partial charge in [-0.05, 0) is 25.0 Å². The number of carbonyl (C=O) groups excluding carboxylic acids is 1. The molecular formula is C13H14FNO4. The van der Waals surface area contributed by atoms with Gasteiger partial charge in [0.1, 0.15) is 5.41 Å². The van der Waals surface area contributed by atoms with Crippen LogP contribution in [0.25, 0.3) is 0 Å². The van der Waals surface area contributed by atoms with E-state index in [2.05, 4.69) is 5.32 Å². The number of ether oxygens (including phenoxy) is 1. The molecule has 1 aliphatic carbocycles. The van der Waals surface area contributed by atoms with Crippen molar-refractivity contribution in [2.75, 3.05) is 12.4 Å². The molecule has 0 heterocycles. The lowest BCUT2D eigenvalue weighted by Crippen LogP contribution is -2.48. The lowest BCUT2D eigenvalue weighted by atomic mass is 9.68. The highest BCUT2D eigenvalue weighted by Crippen LogP contribution is 2.42. The number of halogens is 1. The molecule has 1 amide bonds. The number of amides is 1. The summed E-state index contributed by atoms with van der Waals surface area (Å²) in [5, 5.41) is 11.6. The quantitative estimate of drug-likeness (QED) is 0.818. The zero-order chi connectivity index (χ0) is 14.0. The van der Waals surface area contributed by atoms with Crippen LogP contribution in [0.4, 0.5) is 10.1 Å². The molecule has 1 aromatic carbocycles. The number of methoxy groups -OCH3 is 1. The van der Waals surface area contributed by atoms with Gasteiger partial charge in [0.25, 0.3) is 0 Å². The first-order valence-corrected chi connectivity index (χ1v) is 5.88. The van der Waals surface area contributed by atoms with E-state index in [1.165, 1.54) is 19.2 Å². The third-order valence-electron chi connectivity index (χ3n) is 3.46. The molecule has 1 aliphatic rings. The summed E-state index contributed by atoms with van der Waals surface area (Å²) in [5.41, 5.74) is -1.03. The molecule has 0 unspecified atom stereocenters. The third kappa shape index (κ3) is 2.25. The van der Waals surface area contributed by atoms with Gasteiger partial charge in [-0.15, -0.1) is 0 Å². The summed E-state index contributed by atoms with van der Waals surface area (Å²) >= 11 is 0. The maximum Gasteiger partial charge on any atom is 0.319 e. The molecule has 0 aliphatic heterocycles. The summed E-state index contributed by atoms with van der Waals surface area (Å²) in [6.07, 6.45) is 1.37. The van der Waals surface area contributed by atoms with E-state index in [-0.39, 0.29) is 5.75 Å². The number of anilines is 1. The number of hydrogen-bond donors (Lipinski definition) is 2.